The predicted molar refractivity (Wildman–Crippen MR) is 91.2 cm³/mol. The van der Waals surface area contributed by atoms with Gasteiger partial charge in [0.1, 0.15) is 9.84 Å². The summed E-state index contributed by atoms with van der Waals surface area (Å²) >= 11 is 1.65. The molecule has 0 saturated carbocycles. The summed E-state index contributed by atoms with van der Waals surface area (Å²) in [7, 11) is -1.05. The van der Waals surface area contributed by atoms with E-state index in [-0.39, 0.29) is 5.75 Å². The summed E-state index contributed by atoms with van der Waals surface area (Å²) in [5.74, 6) is 0.516. The molecule has 0 saturated heterocycles. The third-order valence-corrected chi connectivity index (χ3v) is 5.17. The van der Waals surface area contributed by atoms with Crippen molar-refractivity contribution >= 4 is 26.3 Å². The Morgan fingerprint density at radius 2 is 1.90 bits per heavy atom. The van der Waals surface area contributed by atoms with Crippen LogP contribution in [0.2, 0.25) is 0 Å². The lowest BCUT2D eigenvalue weighted by molar-refractivity contribution is 0.588. The second kappa shape index (κ2) is 7.56. The van der Waals surface area contributed by atoms with E-state index in [1.54, 1.807) is 11.3 Å². The van der Waals surface area contributed by atoms with E-state index >= 15 is 0 Å². The fourth-order valence-electron chi connectivity index (χ4n) is 1.79. The number of anilines is 1. The largest absolute Gasteiger partial charge is 0.350 e. The van der Waals surface area contributed by atoms with Gasteiger partial charge in [-0.05, 0) is 5.92 Å². The number of hydrogen-bond acceptors (Lipinski definition) is 6. The van der Waals surface area contributed by atoms with Crippen LogP contribution < -0.4 is 10.2 Å². The Labute approximate surface area is 132 Å². The zero-order valence-electron chi connectivity index (χ0n) is 13.8. The zero-order valence-corrected chi connectivity index (χ0v) is 15.4. The maximum Gasteiger partial charge on any atom is 0.185 e. The Morgan fingerprint density at radius 1 is 1.29 bits per heavy atom. The van der Waals surface area contributed by atoms with Crippen molar-refractivity contribution in [1.82, 2.24) is 10.3 Å². The second-order valence-electron chi connectivity index (χ2n) is 6.05. The topological polar surface area (TPSA) is 62.3 Å². The molecule has 0 amide bonds. The van der Waals surface area contributed by atoms with Gasteiger partial charge in [-0.3, -0.25) is 0 Å². The lowest BCUT2D eigenvalue weighted by Gasteiger charge is -2.14. The van der Waals surface area contributed by atoms with E-state index in [1.165, 1.54) is 11.1 Å². The highest BCUT2D eigenvalue weighted by Crippen LogP contribution is 2.30. The number of thiazole rings is 1. The van der Waals surface area contributed by atoms with E-state index in [1.807, 2.05) is 11.9 Å². The lowest BCUT2D eigenvalue weighted by Crippen LogP contribution is -2.24. The molecule has 1 rings (SSSR count). The van der Waals surface area contributed by atoms with E-state index in [2.05, 4.69) is 33.0 Å². The molecule has 0 aliphatic rings. The molecule has 0 fully saturated rings. The molecule has 7 heteroatoms. The number of nitrogens with zero attached hydrogens (tertiary/aromatic N) is 2. The van der Waals surface area contributed by atoms with Crippen LogP contribution in [-0.2, 0) is 16.4 Å². The van der Waals surface area contributed by atoms with Crippen molar-refractivity contribution < 1.29 is 8.42 Å². The maximum atomic E-state index is 11.3. The highest BCUT2D eigenvalue weighted by molar-refractivity contribution is 7.90. The summed E-state index contributed by atoms with van der Waals surface area (Å²) in [5, 5.41) is 4.31. The van der Waals surface area contributed by atoms with Crippen molar-refractivity contribution in [2.45, 2.75) is 46.2 Å². The molecular weight excluding hydrogens is 306 g/mol. The first-order chi connectivity index (χ1) is 9.60. The lowest BCUT2D eigenvalue weighted by atomic mass is 10.1. The van der Waals surface area contributed by atoms with E-state index < -0.39 is 9.84 Å². The van der Waals surface area contributed by atoms with Crippen LogP contribution in [0.1, 0.15) is 44.2 Å². The average molecular weight is 334 g/mol. The first kappa shape index (κ1) is 18.4. The normalized spacial score (nSPS) is 12.4. The van der Waals surface area contributed by atoms with E-state index in [0.717, 1.165) is 17.4 Å². The van der Waals surface area contributed by atoms with Crippen molar-refractivity contribution in [3.63, 3.8) is 0 Å². The molecule has 0 aliphatic heterocycles. The van der Waals surface area contributed by atoms with Gasteiger partial charge < -0.3 is 10.2 Å². The molecule has 0 radical (unpaired) electrons. The van der Waals surface area contributed by atoms with Crippen LogP contribution in [0.15, 0.2) is 0 Å². The Hall–Kier alpha value is -0.660. The number of hydrogen-bond donors (Lipinski definition) is 1. The second-order valence-corrected chi connectivity index (χ2v) is 9.37. The fourth-order valence-corrected chi connectivity index (χ4v) is 3.55. The van der Waals surface area contributed by atoms with Crippen molar-refractivity contribution in [2.75, 3.05) is 30.5 Å². The summed E-state index contributed by atoms with van der Waals surface area (Å²) in [6.45, 7) is 9.79. The molecular formula is C14H27N3O2S2. The molecule has 5 nitrogen and oxygen atoms in total. The van der Waals surface area contributed by atoms with Crippen LogP contribution in [0.4, 0.5) is 5.13 Å². The first-order valence-corrected chi connectivity index (χ1v) is 10.1. The Kier molecular flexibility index (Phi) is 6.62. The summed E-state index contributed by atoms with van der Waals surface area (Å²) in [5.41, 5.74) is 1.11. The Morgan fingerprint density at radius 3 is 2.38 bits per heavy atom. The summed E-state index contributed by atoms with van der Waals surface area (Å²) < 4.78 is 22.5. The molecule has 1 aromatic heterocycles. The smallest absolute Gasteiger partial charge is 0.185 e. The van der Waals surface area contributed by atoms with Crippen LogP contribution in [0, 0.1) is 0 Å². The molecule has 1 N–H and O–H groups in total. The Bertz CT molecular complexity index is 551. The van der Waals surface area contributed by atoms with E-state index in [0.29, 0.717) is 18.5 Å². The van der Waals surface area contributed by atoms with Gasteiger partial charge in [-0.25, -0.2) is 13.4 Å². The Balaban J connectivity index is 2.85. The van der Waals surface area contributed by atoms with Crippen LogP contribution in [0.25, 0.3) is 0 Å². The van der Waals surface area contributed by atoms with Crippen molar-refractivity contribution in [3.8, 4) is 0 Å². The SMILES string of the molecule is CC(C)NCc1sc(N(C)CCS(C)(=O)=O)nc1C(C)C. The third-order valence-electron chi connectivity index (χ3n) is 3.06. The van der Waals surface area contributed by atoms with Crippen LogP contribution in [0.5, 0.6) is 0 Å². The zero-order chi connectivity index (χ0) is 16.2. The maximum absolute atomic E-state index is 11.3. The fraction of sp³-hybridized carbons (Fsp3) is 0.786. The molecule has 21 heavy (non-hydrogen) atoms. The van der Waals surface area contributed by atoms with Gasteiger partial charge in [0.05, 0.1) is 11.4 Å². The molecule has 1 aromatic rings. The van der Waals surface area contributed by atoms with E-state index in [9.17, 15) is 8.42 Å². The minimum absolute atomic E-state index is 0.152. The monoisotopic (exact) mass is 333 g/mol. The van der Waals surface area contributed by atoms with Gasteiger partial charge in [-0.1, -0.05) is 27.7 Å². The number of aromatic nitrogens is 1. The molecule has 0 atom stereocenters. The highest BCUT2D eigenvalue weighted by Gasteiger charge is 2.17. The number of nitrogens with one attached hydrogen (secondary N) is 1. The van der Waals surface area contributed by atoms with Gasteiger partial charge >= 0.3 is 0 Å². The predicted octanol–water partition coefficient (Wildman–Crippen LogP) is 2.25. The standard InChI is InChI=1S/C14H27N3O2S2/c1-10(2)13-12(9-15-11(3)4)20-14(16-13)17(5)7-8-21(6,18)19/h10-11,15H,7-9H2,1-6H3. The molecule has 0 aromatic carbocycles. The van der Waals surface area contributed by atoms with Crippen molar-refractivity contribution in [3.05, 3.63) is 10.6 Å². The molecule has 1 heterocycles. The number of rotatable bonds is 8. The van der Waals surface area contributed by atoms with Gasteiger partial charge in [-0.2, -0.15) is 0 Å². The van der Waals surface area contributed by atoms with Gasteiger partial charge in [0, 0.05) is 37.3 Å². The van der Waals surface area contributed by atoms with Crippen molar-refractivity contribution in [1.29, 1.82) is 0 Å². The molecule has 122 valence electrons. The summed E-state index contributed by atoms with van der Waals surface area (Å²) in [6.07, 6.45) is 1.26. The molecule has 0 aliphatic carbocycles. The van der Waals surface area contributed by atoms with E-state index in [4.69, 9.17) is 4.98 Å². The van der Waals surface area contributed by atoms with Crippen LogP contribution >= 0.6 is 11.3 Å². The van der Waals surface area contributed by atoms with Gasteiger partial charge in [0.15, 0.2) is 5.13 Å². The first-order valence-electron chi connectivity index (χ1n) is 7.22. The van der Waals surface area contributed by atoms with Gasteiger partial charge in [-0.15, -0.1) is 11.3 Å². The summed E-state index contributed by atoms with van der Waals surface area (Å²) in [6, 6.07) is 0.429. The summed E-state index contributed by atoms with van der Waals surface area (Å²) in [4.78, 5) is 7.86. The van der Waals surface area contributed by atoms with Crippen LogP contribution in [-0.4, -0.2) is 45.0 Å². The van der Waals surface area contributed by atoms with Gasteiger partial charge in [0.25, 0.3) is 0 Å². The van der Waals surface area contributed by atoms with Crippen molar-refractivity contribution in [2.24, 2.45) is 0 Å². The minimum atomic E-state index is -2.95. The van der Waals surface area contributed by atoms with Crippen LogP contribution in [0.3, 0.4) is 0 Å². The minimum Gasteiger partial charge on any atom is -0.350 e. The molecule has 0 bridgehead atoms. The number of sulfone groups is 1. The molecule has 0 spiro atoms. The quantitative estimate of drug-likeness (QED) is 0.790. The molecule has 0 unspecified atom stereocenters. The average Bonchev–Trinajstić information content (AvgIpc) is 2.76. The highest BCUT2D eigenvalue weighted by atomic mass is 32.2. The van der Waals surface area contributed by atoms with Gasteiger partial charge in [0.2, 0.25) is 0 Å². The third kappa shape index (κ3) is 6.32.